The molecule has 0 radical (unpaired) electrons. The Kier molecular flexibility index (Phi) is 6.45. The maximum absolute atomic E-state index is 10.7. The molecule has 0 aliphatic carbocycles. The van der Waals surface area contributed by atoms with Crippen molar-refractivity contribution in [1.82, 2.24) is 0 Å². The van der Waals surface area contributed by atoms with Crippen LogP contribution in [-0.2, 0) is 10.1 Å². The van der Waals surface area contributed by atoms with E-state index in [1.807, 2.05) is 0 Å². The van der Waals surface area contributed by atoms with Gasteiger partial charge in [-0.1, -0.05) is 0 Å². The van der Waals surface area contributed by atoms with Crippen LogP contribution >= 0.6 is 0 Å². The minimum absolute atomic E-state index is 0. The van der Waals surface area contributed by atoms with E-state index in [0.29, 0.717) is 0 Å². The second kappa shape index (κ2) is 4.26. The Morgan fingerprint density at radius 3 is 1.62 bits per heavy atom. The summed E-state index contributed by atoms with van der Waals surface area (Å²) in [6.07, 6.45) is 0. The summed E-state index contributed by atoms with van der Waals surface area (Å²) >= 11 is 0. The van der Waals surface area contributed by atoms with Crippen LogP contribution in [0.2, 0.25) is 0 Å². The van der Waals surface area contributed by atoms with Crippen molar-refractivity contribution in [3.8, 4) is 0 Å². The molecule has 0 aliphatic rings. The van der Waals surface area contributed by atoms with Gasteiger partial charge in [-0.3, -0.25) is 4.55 Å². The van der Waals surface area contributed by atoms with Crippen LogP contribution in [0.15, 0.2) is 0 Å². The summed E-state index contributed by atoms with van der Waals surface area (Å²) in [6.45, 7) is 0. The van der Waals surface area contributed by atoms with Gasteiger partial charge < -0.3 is 1.43 Å². The number of hydrogen-bond donors (Lipinski definition) is 1. The summed E-state index contributed by atoms with van der Waals surface area (Å²) in [5.74, 6) is -3.67. The van der Waals surface area contributed by atoms with Crippen LogP contribution in [0.1, 0.15) is 1.43 Å². The molecule has 3 nitrogen and oxygen atoms in total. The van der Waals surface area contributed by atoms with E-state index < -0.39 is 15.9 Å². The van der Waals surface area contributed by atoms with Crippen molar-refractivity contribution in [1.29, 1.82) is 0 Å². The standard InChI is InChI=1S/CH2F2O3S.K.H/c2-1(3)7(4,5)6;;/h1H,(H,4,5,6);;/q;+1;-1. The summed E-state index contributed by atoms with van der Waals surface area (Å²) in [4.78, 5) is 0. The first kappa shape index (κ1) is 12.1. The fourth-order valence-electron chi connectivity index (χ4n) is 0. The fourth-order valence-corrected chi connectivity index (χ4v) is 0. The molecule has 1 N–H and O–H groups in total. The largest absolute Gasteiger partial charge is 1.00 e. The zero-order chi connectivity index (χ0) is 6.08. The smallest absolute Gasteiger partial charge is 1.00 e. The van der Waals surface area contributed by atoms with Gasteiger partial charge in [0.2, 0.25) is 0 Å². The molecule has 0 aromatic heterocycles. The van der Waals surface area contributed by atoms with Gasteiger partial charge in [0.1, 0.15) is 0 Å². The topological polar surface area (TPSA) is 54.4 Å². The third-order valence-corrected chi connectivity index (χ3v) is 0.675. The monoisotopic (exact) mass is 172 g/mol. The van der Waals surface area contributed by atoms with Gasteiger partial charge in [-0.05, 0) is 0 Å². The van der Waals surface area contributed by atoms with Gasteiger partial charge in [-0.2, -0.15) is 17.2 Å². The molecule has 0 aromatic rings. The van der Waals surface area contributed by atoms with Crippen molar-refractivity contribution in [2.45, 2.75) is 5.76 Å². The van der Waals surface area contributed by atoms with E-state index in [4.69, 9.17) is 13.0 Å². The van der Waals surface area contributed by atoms with E-state index in [-0.39, 0.29) is 52.8 Å². The van der Waals surface area contributed by atoms with E-state index in [0.717, 1.165) is 0 Å². The Labute approximate surface area is 89.1 Å². The van der Waals surface area contributed by atoms with E-state index in [1.54, 1.807) is 0 Å². The zero-order valence-corrected chi connectivity index (χ0v) is 7.94. The van der Waals surface area contributed by atoms with Gasteiger partial charge in [-0.15, -0.1) is 0 Å². The molecule has 0 saturated heterocycles. The van der Waals surface area contributed by atoms with Gasteiger partial charge in [0.15, 0.2) is 0 Å². The first-order chi connectivity index (χ1) is 2.94. The van der Waals surface area contributed by atoms with Gasteiger partial charge >= 0.3 is 67.3 Å². The van der Waals surface area contributed by atoms with Crippen molar-refractivity contribution in [3.05, 3.63) is 0 Å². The Bertz CT molecular complexity index is 144. The molecule has 0 atom stereocenters. The molecule has 0 amide bonds. The quantitative estimate of drug-likeness (QED) is 0.344. The Hall–Kier alpha value is 1.41. The summed E-state index contributed by atoms with van der Waals surface area (Å²) in [5.41, 5.74) is 0. The Morgan fingerprint density at radius 2 is 1.62 bits per heavy atom. The molecule has 0 unspecified atom stereocenters. The van der Waals surface area contributed by atoms with Crippen molar-refractivity contribution < 1.29 is 74.6 Å². The van der Waals surface area contributed by atoms with Crippen molar-refractivity contribution >= 4 is 10.1 Å². The number of rotatable bonds is 1. The summed E-state index contributed by atoms with van der Waals surface area (Å²) in [5, 5.41) is 0. The van der Waals surface area contributed by atoms with E-state index in [2.05, 4.69) is 0 Å². The third kappa shape index (κ3) is 5.54. The fraction of sp³-hybridized carbons (Fsp3) is 1.00. The average molecular weight is 172 g/mol. The third-order valence-electron chi connectivity index (χ3n) is 0.225. The van der Waals surface area contributed by atoms with Crippen molar-refractivity contribution in [3.63, 3.8) is 0 Å². The molecule has 8 heavy (non-hydrogen) atoms. The molecule has 0 bridgehead atoms. The van der Waals surface area contributed by atoms with Crippen LogP contribution in [0.25, 0.3) is 0 Å². The van der Waals surface area contributed by atoms with Crippen LogP contribution in [0.5, 0.6) is 0 Å². The summed E-state index contributed by atoms with van der Waals surface area (Å²) < 4.78 is 47.0. The summed E-state index contributed by atoms with van der Waals surface area (Å²) in [6, 6.07) is 0. The molecule has 0 aromatic carbocycles. The normalized spacial score (nSPS) is 11.0. The SMILES string of the molecule is O=S(=O)(O)C(F)F.[H-].[K+]. The maximum atomic E-state index is 10.7. The molecule has 0 saturated carbocycles. The number of halogens is 2. The second-order valence-electron chi connectivity index (χ2n) is 0.776. The number of alkyl halides is 2. The molecule has 0 fully saturated rings. The molecular formula is CH3F2KO3S. The van der Waals surface area contributed by atoms with E-state index in [1.165, 1.54) is 0 Å². The molecular weight excluding hydrogens is 169 g/mol. The Balaban J connectivity index is -0.000000180. The van der Waals surface area contributed by atoms with Crippen LogP contribution in [0.3, 0.4) is 0 Å². The minimum atomic E-state index is -5.07. The van der Waals surface area contributed by atoms with Gasteiger partial charge in [0.25, 0.3) is 0 Å². The molecule has 0 aliphatic heterocycles. The molecule has 0 rings (SSSR count). The first-order valence-electron chi connectivity index (χ1n) is 1.19. The average Bonchev–Trinajstić information content (AvgIpc) is 1.31. The zero-order valence-electron chi connectivity index (χ0n) is 5.01. The van der Waals surface area contributed by atoms with Crippen molar-refractivity contribution in [2.24, 2.45) is 0 Å². The molecule has 46 valence electrons. The first-order valence-corrected chi connectivity index (χ1v) is 2.69. The number of hydrogen-bond acceptors (Lipinski definition) is 2. The van der Waals surface area contributed by atoms with Crippen LogP contribution in [-0.4, -0.2) is 18.7 Å². The Morgan fingerprint density at radius 1 is 1.50 bits per heavy atom. The summed E-state index contributed by atoms with van der Waals surface area (Å²) in [7, 11) is -5.07. The van der Waals surface area contributed by atoms with Crippen LogP contribution in [0, 0.1) is 0 Å². The van der Waals surface area contributed by atoms with Gasteiger partial charge in [0.05, 0.1) is 0 Å². The predicted molar refractivity (Wildman–Crippen MR) is 18.7 cm³/mol. The van der Waals surface area contributed by atoms with Crippen LogP contribution < -0.4 is 51.4 Å². The van der Waals surface area contributed by atoms with Crippen LogP contribution in [0.4, 0.5) is 8.78 Å². The predicted octanol–water partition coefficient (Wildman–Crippen LogP) is -2.79. The van der Waals surface area contributed by atoms with Gasteiger partial charge in [-0.25, -0.2) is 0 Å². The molecule has 0 spiro atoms. The van der Waals surface area contributed by atoms with Crippen molar-refractivity contribution in [2.75, 3.05) is 0 Å². The van der Waals surface area contributed by atoms with E-state index >= 15 is 0 Å². The van der Waals surface area contributed by atoms with E-state index in [9.17, 15) is 8.78 Å². The minimum Gasteiger partial charge on any atom is -1.00 e. The maximum Gasteiger partial charge on any atom is 1.00 e. The second-order valence-corrected chi connectivity index (χ2v) is 2.16. The molecule has 7 heteroatoms. The molecule has 0 heterocycles. The van der Waals surface area contributed by atoms with Gasteiger partial charge in [0, 0.05) is 0 Å².